The van der Waals surface area contributed by atoms with Crippen LogP contribution in [0.1, 0.15) is 28.8 Å². The molecule has 6 nitrogen and oxygen atoms in total. The smallest absolute Gasteiger partial charge is 0.259 e. The number of amides is 1. The van der Waals surface area contributed by atoms with E-state index in [-0.39, 0.29) is 23.3 Å². The molecule has 1 aliphatic heterocycles. The number of benzene rings is 2. The molecule has 162 valence electrons. The van der Waals surface area contributed by atoms with Crippen LogP contribution < -0.4 is 19.5 Å². The van der Waals surface area contributed by atoms with Crippen molar-refractivity contribution >= 4 is 21.8 Å². The molecule has 0 aliphatic carbocycles. The number of methoxy groups -OCH3 is 3. The molecule has 1 atom stereocenters. The van der Waals surface area contributed by atoms with Gasteiger partial charge in [0.15, 0.2) is 11.5 Å². The van der Waals surface area contributed by atoms with E-state index in [0.29, 0.717) is 28.3 Å². The van der Waals surface area contributed by atoms with Crippen molar-refractivity contribution in [1.29, 1.82) is 0 Å². The Morgan fingerprint density at radius 3 is 2.50 bits per heavy atom. The minimum absolute atomic E-state index is 0.199. The van der Waals surface area contributed by atoms with Crippen LogP contribution in [0.3, 0.4) is 0 Å². The third-order valence-corrected chi connectivity index (χ3v) is 5.89. The number of carbonyl (C=O) groups excluding carboxylic acids is 1. The predicted molar refractivity (Wildman–Crippen MR) is 116 cm³/mol. The summed E-state index contributed by atoms with van der Waals surface area (Å²) in [6, 6.07) is 8.45. The molecule has 3 rings (SSSR count). The first-order chi connectivity index (χ1) is 14.5. The van der Waals surface area contributed by atoms with Gasteiger partial charge in [-0.15, -0.1) is 0 Å². The van der Waals surface area contributed by atoms with E-state index in [1.807, 2.05) is 0 Å². The van der Waals surface area contributed by atoms with Crippen LogP contribution in [0.5, 0.6) is 17.2 Å². The number of carbonyl (C=O) groups is 1. The van der Waals surface area contributed by atoms with Crippen molar-refractivity contribution in [3.8, 4) is 17.2 Å². The monoisotopic (exact) mass is 480 g/mol. The van der Waals surface area contributed by atoms with Gasteiger partial charge in [-0.1, -0.05) is 12.1 Å². The first-order valence-electron chi connectivity index (χ1n) is 9.73. The van der Waals surface area contributed by atoms with Crippen molar-refractivity contribution in [1.82, 2.24) is 10.2 Å². The molecule has 1 N–H and O–H groups in total. The number of hydrogen-bond donors (Lipinski definition) is 1. The maximum Gasteiger partial charge on any atom is 0.259 e. The molecular formula is C22H26BrFN2O4. The quantitative estimate of drug-likeness (QED) is 0.618. The van der Waals surface area contributed by atoms with Gasteiger partial charge in [0.05, 0.1) is 25.8 Å². The number of rotatable bonds is 8. The van der Waals surface area contributed by atoms with E-state index in [0.717, 1.165) is 31.5 Å². The highest BCUT2D eigenvalue weighted by Gasteiger charge is 2.28. The van der Waals surface area contributed by atoms with E-state index in [4.69, 9.17) is 14.2 Å². The molecule has 1 heterocycles. The SMILES string of the molecule is COc1cc(Br)c(OC)c(C(=O)NC[C@H]2CCCN2Cc2ccc(F)cc2)c1OC. The summed E-state index contributed by atoms with van der Waals surface area (Å²) in [7, 11) is 4.51. The Kier molecular flexibility index (Phi) is 7.55. The number of nitrogens with one attached hydrogen (secondary N) is 1. The molecule has 0 spiro atoms. The van der Waals surface area contributed by atoms with Crippen LogP contribution in [-0.2, 0) is 6.54 Å². The van der Waals surface area contributed by atoms with Gasteiger partial charge in [-0.2, -0.15) is 0 Å². The highest BCUT2D eigenvalue weighted by atomic mass is 79.9. The number of halogens is 2. The summed E-state index contributed by atoms with van der Waals surface area (Å²) in [4.78, 5) is 15.4. The molecule has 1 saturated heterocycles. The average Bonchev–Trinajstić information content (AvgIpc) is 3.19. The Bertz CT molecular complexity index is 892. The Morgan fingerprint density at radius 1 is 1.17 bits per heavy atom. The molecule has 2 aromatic rings. The lowest BCUT2D eigenvalue weighted by molar-refractivity contribution is 0.0932. The molecular weight excluding hydrogens is 455 g/mol. The van der Waals surface area contributed by atoms with Crippen molar-refractivity contribution in [2.24, 2.45) is 0 Å². The van der Waals surface area contributed by atoms with E-state index in [1.54, 1.807) is 18.2 Å². The Hall–Kier alpha value is -2.32. The molecule has 1 amide bonds. The topological polar surface area (TPSA) is 60.0 Å². The lowest BCUT2D eigenvalue weighted by atomic mass is 10.1. The van der Waals surface area contributed by atoms with Gasteiger partial charge in [0.25, 0.3) is 5.91 Å². The van der Waals surface area contributed by atoms with Gasteiger partial charge < -0.3 is 19.5 Å². The number of hydrogen-bond acceptors (Lipinski definition) is 5. The van der Waals surface area contributed by atoms with Crippen LogP contribution >= 0.6 is 15.9 Å². The van der Waals surface area contributed by atoms with Gasteiger partial charge in [-0.05, 0) is 53.0 Å². The number of likely N-dealkylation sites (tertiary alicyclic amines) is 1. The van der Waals surface area contributed by atoms with E-state index in [1.165, 1.54) is 33.5 Å². The summed E-state index contributed by atoms with van der Waals surface area (Å²) in [5.74, 6) is 0.617. The number of ether oxygens (including phenoxy) is 3. The number of nitrogens with zero attached hydrogens (tertiary/aromatic N) is 1. The van der Waals surface area contributed by atoms with Gasteiger partial charge in [0.2, 0.25) is 0 Å². The van der Waals surface area contributed by atoms with Crippen molar-refractivity contribution in [3.05, 3.63) is 51.7 Å². The highest BCUT2D eigenvalue weighted by Crippen LogP contribution is 2.42. The van der Waals surface area contributed by atoms with Crippen LogP contribution in [0.2, 0.25) is 0 Å². The lowest BCUT2D eigenvalue weighted by Crippen LogP contribution is -2.40. The van der Waals surface area contributed by atoms with Crippen molar-refractivity contribution in [2.75, 3.05) is 34.4 Å². The van der Waals surface area contributed by atoms with Crippen LogP contribution in [-0.4, -0.2) is 51.3 Å². The van der Waals surface area contributed by atoms with Gasteiger partial charge >= 0.3 is 0 Å². The second kappa shape index (κ2) is 10.1. The third-order valence-electron chi connectivity index (χ3n) is 5.30. The largest absolute Gasteiger partial charge is 0.495 e. The third kappa shape index (κ3) is 4.87. The summed E-state index contributed by atoms with van der Waals surface area (Å²) in [5, 5.41) is 3.02. The van der Waals surface area contributed by atoms with Crippen molar-refractivity contribution in [2.45, 2.75) is 25.4 Å². The van der Waals surface area contributed by atoms with Crippen LogP contribution in [0.25, 0.3) is 0 Å². The first kappa shape index (κ1) is 22.4. The van der Waals surface area contributed by atoms with Gasteiger partial charge in [0, 0.05) is 25.2 Å². The molecule has 2 aromatic carbocycles. The summed E-state index contributed by atoms with van der Waals surface area (Å²) < 4.78 is 30.0. The fourth-order valence-electron chi connectivity index (χ4n) is 3.81. The zero-order chi connectivity index (χ0) is 21.7. The Morgan fingerprint density at radius 2 is 1.87 bits per heavy atom. The summed E-state index contributed by atoms with van der Waals surface area (Å²) in [6.45, 7) is 2.15. The molecule has 1 aliphatic rings. The Labute approximate surface area is 184 Å². The van der Waals surface area contributed by atoms with Gasteiger partial charge in [0.1, 0.15) is 17.1 Å². The molecule has 0 aromatic heterocycles. The van der Waals surface area contributed by atoms with Crippen molar-refractivity contribution in [3.63, 3.8) is 0 Å². The molecule has 0 radical (unpaired) electrons. The van der Waals surface area contributed by atoms with Gasteiger partial charge in [-0.3, -0.25) is 9.69 Å². The zero-order valence-electron chi connectivity index (χ0n) is 17.3. The predicted octanol–water partition coefficient (Wildman–Crippen LogP) is 4.01. The lowest BCUT2D eigenvalue weighted by Gasteiger charge is -2.25. The van der Waals surface area contributed by atoms with E-state index in [9.17, 15) is 9.18 Å². The Balaban J connectivity index is 1.73. The minimum atomic E-state index is -0.295. The fourth-order valence-corrected chi connectivity index (χ4v) is 4.38. The molecule has 8 heteroatoms. The van der Waals surface area contributed by atoms with E-state index >= 15 is 0 Å². The normalized spacial score (nSPS) is 16.4. The molecule has 0 saturated carbocycles. The van der Waals surface area contributed by atoms with E-state index in [2.05, 4.69) is 26.1 Å². The van der Waals surface area contributed by atoms with Crippen LogP contribution in [0.15, 0.2) is 34.8 Å². The second-order valence-corrected chi connectivity index (χ2v) is 7.96. The standard InChI is InChI=1S/C22H26BrFN2O4/c1-28-18-11-17(23)20(29-2)19(21(18)30-3)22(27)25-12-16-5-4-10-26(16)13-14-6-8-15(24)9-7-14/h6-9,11,16H,4-5,10,12-13H2,1-3H3,(H,25,27)/t16-/m1/s1. The zero-order valence-corrected chi connectivity index (χ0v) is 18.9. The first-order valence-corrected chi connectivity index (χ1v) is 10.5. The molecule has 0 bridgehead atoms. The summed E-state index contributed by atoms with van der Waals surface area (Å²) >= 11 is 3.42. The fraction of sp³-hybridized carbons (Fsp3) is 0.409. The molecule has 0 unspecified atom stereocenters. The molecule has 1 fully saturated rings. The minimum Gasteiger partial charge on any atom is -0.495 e. The highest BCUT2D eigenvalue weighted by molar-refractivity contribution is 9.10. The van der Waals surface area contributed by atoms with Crippen LogP contribution in [0.4, 0.5) is 4.39 Å². The second-order valence-electron chi connectivity index (χ2n) is 7.11. The maximum atomic E-state index is 13.2. The summed E-state index contributed by atoms with van der Waals surface area (Å²) in [6.07, 6.45) is 2.04. The van der Waals surface area contributed by atoms with Gasteiger partial charge in [-0.25, -0.2) is 4.39 Å². The van der Waals surface area contributed by atoms with Crippen molar-refractivity contribution < 1.29 is 23.4 Å². The van der Waals surface area contributed by atoms with E-state index < -0.39 is 0 Å². The summed E-state index contributed by atoms with van der Waals surface area (Å²) in [5.41, 5.74) is 1.34. The average molecular weight is 481 g/mol. The molecule has 30 heavy (non-hydrogen) atoms. The maximum absolute atomic E-state index is 13.2. The van der Waals surface area contributed by atoms with Crippen LogP contribution in [0, 0.1) is 5.82 Å².